The standard InChI is InChI=1S/C23H24N4O4/c1-15(2)11-12-26-19-10-6-4-8-17(19)24-20(26)13-27-18-9-5-3-7-16(18)22(23(27)30)25-31-14-21(28)29/h3-10,15H,11-14H2,1-2H3,(H,28,29). The van der Waals surface area contributed by atoms with Crippen LogP contribution in [0.4, 0.5) is 5.69 Å². The predicted octanol–water partition coefficient (Wildman–Crippen LogP) is 3.43. The molecule has 0 bridgehead atoms. The number of oxime groups is 1. The lowest BCUT2D eigenvalue weighted by Gasteiger charge is -2.18. The number of carboxylic acids is 1. The van der Waals surface area contributed by atoms with Crippen molar-refractivity contribution in [1.82, 2.24) is 9.55 Å². The number of rotatable bonds is 8. The van der Waals surface area contributed by atoms with E-state index in [0.29, 0.717) is 17.2 Å². The van der Waals surface area contributed by atoms with Crippen LogP contribution in [0.2, 0.25) is 0 Å². The van der Waals surface area contributed by atoms with Gasteiger partial charge in [0.15, 0.2) is 5.71 Å². The van der Waals surface area contributed by atoms with E-state index in [4.69, 9.17) is 14.9 Å². The molecule has 0 atom stereocenters. The zero-order valence-corrected chi connectivity index (χ0v) is 17.5. The van der Waals surface area contributed by atoms with Crippen molar-refractivity contribution in [1.29, 1.82) is 0 Å². The Labute approximate surface area is 179 Å². The molecule has 1 aliphatic heterocycles. The van der Waals surface area contributed by atoms with Crippen LogP contribution < -0.4 is 4.90 Å². The first kappa shape index (κ1) is 20.6. The Kier molecular flexibility index (Phi) is 5.70. The Bertz CT molecular complexity index is 1170. The number of aryl methyl sites for hydroxylation is 1. The maximum Gasteiger partial charge on any atom is 0.344 e. The van der Waals surface area contributed by atoms with Crippen molar-refractivity contribution >= 4 is 34.3 Å². The van der Waals surface area contributed by atoms with Crippen LogP contribution in [0.25, 0.3) is 11.0 Å². The summed E-state index contributed by atoms with van der Waals surface area (Å²) in [6.07, 6.45) is 0.994. The molecule has 0 aliphatic carbocycles. The van der Waals surface area contributed by atoms with Crippen molar-refractivity contribution < 1.29 is 19.5 Å². The number of anilines is 1. The van der Waals surface area contributed by atoms with Gasteiger partial charge in [-0.05, 0) is 30.5 Å². The van der Waals surface area contributed by atoms with Crippen LogP contribution in [0, 0.1) is 5.92 Å². The molecule has 0 saturated carbocycles. The molecule has 0 saturated heterocycles. The minimum absolute atomic E-state index is 0.0988. The molecule has 8 heteroatoms. The van der Waals surface area contributed by atoms with Crippen molar-refractivity contribution in [2.75, 3.05) is 11.5 Å². The number of carboxylic acid groups (broad SMARTS) is 1. The second kappa shape index (κ2) is 8.59. The summed E-state index contributed by atoms with van der Waals surface area (Å²) in [5, 5.41) is 12.6. The Balaban J connectivity index is 1.69. The lowest BCUT2D eigenvalue weighted by molar-refractivity contribution is -0.142. The molecule has 8 nitrogen and oxygen atoms in total. The van der Waals surface area contributed by atoms with Gasteiger partial charge in [-0.15, -0.1) is 0 Å². The first-order valence-electron chi connectivity index (χ1n) is 10.2. The van der Waals surface area contributed by atoms with Gasteiger partial charge in [-0.3, -0.25) is 9.69 Å². The summed E-state index contributed by atoms with van der Waals surface area (Å²) >= 11 is 0. The number of carbonyl (C=O) groups excluding carboxylic acids is 1. The fraction of sp³-hybridized carbons (Fsp3) is 0.304. The van der Waals surface area contributed by atoms with E-state index < -0.39 is 12.6 Å². The highest BCUT2D eigenvalue weighted by atomic mass is 16.6. The third-order valence-corrected chi connectivity index (χ3v) is 5.20. The number of nitrogens with zero attached hydrogens (tertiary/aromatic N) is 4. The molecule has 1 aromatic heterocycles. The van der Waals surface area contributed by atoms with E-state index in [1.165, 1.54) is 0 Å². The van der Waals surface area contributed by atoms with Gasteiger partial charge in [0.25, 0.3) is 5.91 Å². The van der Waals surface area contributed by atoms with Crippen molar-refractivity contribution in [3.8, 4) is 0 Å². The van der Waals surface area contributed by atoms with Crippen LogP contribution in [0.3, 0.4) is 0 Å². The second-order valence-corrected chi connectivity index (χ2v) is 7.87. The van der Waals surface area contributed by atoms with Crippen molar-refractivity contribution in [2.24, 2.45) is 11.1 Å². The third-order valence-electron chi connectivity index (χ3n) is 5.20. The summed E-state index contributed by atoms with van der Waals surface area (Å²) < 4.78 is 2.17. The molecule has 160 valence electrons. The van der Waals surface area contributed by atoms with E-state index in [9.17, 15) is 9.59 Å². The van der Waals surface area contributed by atoms with Crippen molar-refractivity contribution in [3.05, 3.63) is 59.9 Å². The van der Waals surface area contributed by atoms with E-state index in [-0.39, 0.29) is 18.2 Å². The van der Waals surface area contributed by atoms with Gasteiger partial charge in [0.1, 0.15) is 5.82 Å². The molecule has 0 fully saturated rings. The van der Waals surface area contributed by atoms with Crippen molar-refractivity contribution in [2.45, 2.75) is 33.4 Å². The van der Waals surface area contributed by atoms with E-state index in [1.807, 2.05) is 36.4 Å². The second-order valence-electron chi connectivity index (χ2n) is 7.87. The molecular formula is C23H24N4O4. The van der Waals surface area contributed by atoms with Crippen molar-refractivity contribution in [3.63, 3.8) is 0 Å². The highest BCUT2D eigenvalue weighted by Gasteiger charge is 2.35. The third kappa shape index (κ3) is 4.14. The lowest BCUT2D eigenvalue weighted by atomic mass is 10.1. The minimum Gasteiger partial charge on any atom is -0.479 e. The fourth-order valence-corrected chi connectivity index (χ4v) is 3.68. The number of fused-ring (bicyclic) bond motifs is 2. The topological polar surface area (TPSA) is 97.0 Å². The monoisotopic (exact) mass is 420 g/mol. The van der Waals surface area contributed by atoms with Crippen LogP contribution in [0.5, 0.6) is 0 Å². The summed E-state index contributed by atoms with van der Waals surface area (Å²) in [4.78, 5) is 35.2. The Morgan fingerprint density at radius 3 is 2.68 bits per heavy atom. The molecule has 3 aromatic rings. The Morgan fingerprint density at radius 1 is 1.16 bits per heavy atom. The van der Waals surface area contributed by atoms with Crippen LogP contribution in [-0.2, 0) is 27.5 Å². The number of hydrogen-bond donors (Lipinski definition) is 1. The SMILES string of the molecule is CC(C)CCn1c(CN2C(=O)C(=NOCC(=O)O)c3ccccc32)nc2ccccc21. The van der Waals surface area contributed by atoms with Gasteiger partial charge in [-0.25, -0.2) is 9.78 Å². The molecule has 1 amide bonds. The maximum atomic E-state index is 13.2. The largest absolute Gasteiger partial charge is 0.479 e. The summed E-state index contributed by atoms with van der Waals surface area (Å²) in [5.41, 5.74) is 3.34. The Hall–Kier alpha value is -3.68. The number of benzene rings is 2. The molecule has 1 N–H and O–H groups in total. The maximum absolute atomic E-state index is 13.2. The zero-order valence-electron chi connectivity index (χ0n) is 17.5. The predicted molar refractivity (Wildman–Crippen MR) is 117 cm³/mol. The van der Waals surface area contributed by atoms with Gasteiger partial charge < -0.3 is 14.5 Å². The molecule has 2 heterocycles. The number of hydrogen-bond acceptors (Lipinski definition) is 5. The number of carbonyl (C=O) groups is 2. The van der Waals surface area contributed by atoms with E-state index in [0.717, 1.165) is 29.8 Å². The summed E-state index contributed by atoms with van der Waals surface area (Å²) in [5.74, 6) is -0.168. The Morgan fingerprint density at radius 2 is 1.90 bits per heavy atom. The number of imidazole rings is 1. The van der Waals surface area contributed by atoms with Crippen LogP contribution in [-0.4, -0.2) is 38.9 Å². The van der Waals surface area contributed by atoms with E-state index >= 15 is 0 Å². The average molecular weight is 420 g/mol. The van der Waals surface area contributed by atoms with Crippen LogP contribution in [0.1, 0.15) is 31.7 Å². The molecule has 4 rings (SSSR count). The van der Waals surface area contributed by atoms with E-state index in [1.54, 1.807) is 17.0 Å². The normalized spacial score (nSPS) is 14.6. The number of para-hydroxylation sites is 3. The summed E-state index contributed by atoms with van der Waals surface area (Å²) in [7, 11) is 0. The molecule has 2 aromatic carbocycles. The zero-order chi connectivity index (χ0) is 22.0. The molecule has 31 heavy (non-hydrogen) atoms. The summed E-state index contributed by atoms with van der Waals surface area (Å²) in [6, 6.07) is 15.2. The molecule has 1 aliphatic rings. The van der Waals surface area contributed by atoms with Gasteiger partial charge in [0.2, 0.25) is 6.61 Å². The minimum atomic E-state index is -1.15. The lowest BCUT2D eigenvalue weighted by Crippen LogP contribution is -2.31. The van der Waals surface area contributed by atoms with Gasteiger partial charge >= 0.3 is 5.97 Å². The molecule has 0 spiro atoms. The first-order chi connectivity index (χ1) is 15.0. The number of amides is 1. The number of aromatic nitrogens is 2. The number of aliphatic carboxylic acids is 1. The van der Waals surface area contributed by atoms with Crippen LogP contribution in [0.15, 0.2) is 53.7 Å². The highest BCUT2D eigenvalue weighted by molar-refractivity contribution is 6.54. The van der Waals surface area contributed by atoms with Gasteiger partial charge in [0, 0.05) is 12.1 Å². The summed E-state index contributed by atoms with van der Waals surface area (Å²) in [6.45, 7) is 4.84. The molecule has 0 radical (unpaired) electrons. The molecular weight excluding hydrogens is 396 g/mol. The quantitative estimate of drug-likeness (QED) is 0.563. The smallest absolute Gasteiger partial charge is 0.344 e. The first-order valence-corrected chi connectivity index (χ1v) is 10.2. The van der Waals surface area contributed by atoms with Gasteiger partial charge in [0.05, 0.1) is 23.3 Å². The van der Waals surface area contributed by atoms with Crippen LogP contribution >= 0.6 is 0 Å². The molecule has 0 unspecified atom stereocenters. The van der Waals surface area contributed by atoms with E-state index in [2.05, 4.69) is 23.6 Å². The van der Waals surface area contributed by atoms with Gasteiger partial charge in [-0.2, -0.15) is 0 Å². The average Bonchev–Trinajstić information content (AvgIpc) is 3.22. The highest BCUT2D eigenvalue weighted by Crippen LogP contribution is 2.31. The van der Waals surface area contributed by atoms with Gasteiger partial charge in [-0.1, -0.05) is 49.3 Å². The fourth-order valence-electron chi connectivity index (χ4n) is 3.68.